The number of nitrogens with one attached hydrogen (secondary N) is 1. The highest BCUT2D eigenvalue weighted by atomic mass is 16.3. The van der Waals surface area contributed by atoms with Crippen LogP contribution in [0.2, 0.25) is 0 Å². The molecular weight excluding hydrogens is 242 g/mol. The van der Waals surface area contributed by atoms with Gasteiger partial charge in [0.25, 0.3) is 0 Å². The highest BCUT2D eigenvalue weighted by Gasteiger charge is 2.18. The van der Waals surface area contributed by atoms with Gasteiger partial charge in [0.1, 0.15) is 11.6 Å². The molecule has 0 saturated carbocycles. The predicted octanol–water partition coefficient (Wildman–Crippen LogP) is 2.10. The lowest BCUT2D eigenvalue weighted by Gasteiger charge is -2.08. The lowest BCUT2D eigenvalue weighted by Crippen LogP contribution is -1.96. The number of rotatable bonds is 4. The number of nitrogens with zero attached hydrogens (tertiary/aromatic N) is 2. The first kappa shape index (κ1) is 13.5. The number of imidazole rings is 1. The molecule has 0 aliphatic carbocycles. The van der Waals surface area contributed by atoms with Crippen LogP contribution in [-0.2, 0) is 19.4 Å². The second-order valence-electron chi connectivity index (χ2n) is 4.47. The Kier molecular flexibility index (Phi) is 3.85. The number of aromatic nitrogens is 3. The topological polar surface area (TPSA) is 82.0 Å². The molecule has 0 spiro atoms. The quantitative estimate of drug-likeness (QED) is 0.787. The summed E-state index contributed by atoms with van der Waals surface area (Å²) in [6.45, 7) is 5.65. The highest BCUT2D eigenvalue weighted by molar-refractivity contribution is 5.69. The van der Waals surface area contributed by atoms with E-state index in [2.05, 4.69) is 21.9 Å². The zero-order valence-corrected chi connectivity index (χ0v) is 11.5. The van der Waals surface area contributed by atoms with Crippen molar-refractivity contribution >= 4 is 0 Å². The molecule has 0 amide bonds. The van der Waals surface area contributed by atoms with Gasteiger partial charge in [-0.15, -0.1) is 0 Å². The van der Waals surface area contributed by atoms with Crippen molar-refractivity contribution in [1.82, 2.24) is 15.0 Å². The smallest absolute Gasteiger partial charge is 0.148 e. The van der Waals surface area contributed by atoms with Crippen molar-refractivity contribution in [2.24, 2.45) is 0 Å². The SMILES string of the molecule is CCc1nc(-c2c(CO)cnc(C)c2O)[nH]c1CC. The number of H-pyrrole nitrogens is 1. The number of pyridine rings is 1. The molecule has 0 aliphatic rings. The van der Waals surface area contributed by atoms with Crippen LogP contribution in [0.15, 0.2) is 6.20 Å². The summed E-state index contributed by atoms with van der Waals surface area (Å²) < 4.78 is 0. The number of aliphatic hydroxyl groups is 1. The summed E-state index contributed by atoms with van der Waals surface area (Å²) in [5, 5.41) is 19.6. The molecule has 0 aromatic carbocycles. The molecule has 5 nitrogen and oxygen atoms in total. The van der Waals surface area contributed by atoms with E-state index >= 15 is 0 Å². The van der Waals surface area contributed by atoms with Crippen LogP contribution in [0.3, 0.4) is 0 Å². The van der Waals surface area contributed by atoms with Crippen LogP contribution in [0.25, 0.3) is 11.4 Å². The Morgan fingerprint density at radius 2 is 2.00 bits per heavy atom. The largest absolute Gasteiger partial charge is 0.505 e. The molecule has 2 aromatic heterocycles. The monoisotopic (exact) mass is 261 g/mol. The highest BCUT2D eigenvalue weighted by Crippen LogP contribution is 2.33. The van der Waals surface area contributed by atoms with Gasteiger partial charge in [-0.3, -0.25) is 4.98 Å². The van der Waals surface area contributed by atoms with Crippen LogP contribution >= 0.6 is 0 Å². The van der Waals surface area contributed by atoms with Gasteiger partial charge in [-0.1, -0.05) is 13.8 Å². The second-order valence-corrected chi connectivity index (χ2v) is 4.47. The van der Waals surface area contributed by atoms with Crippen LogP contribution in [-0.4, -0.2) is 25.2 Å². The number of hydrogen-bond donors (Lipinski definition) is 3. The van der Waals surface area contributed by atoms with Crippen molar-refractivity contribution in [2.45, 2.75) is 40.2 Å². The first-order valence-electron chi connectivity index (χ1n) is 6.48. The summed E-state index contributed by atoms with van der Waals surface area (Å²) in [5.41, 5.74) is 3.71. The van der Waals surface area contributed by atoms with E-state index < -0.39 is 0 Å². The molecule has 19 heavy (non-hydrogen) atoms. The number of aromatic hydroxyl groups is 1. The van der Waals surface area contributed by atoms with Crippen molar-refractivity contribution in [3.05, 3.63) is 28.8 Å². The lowest BCUT2D eigenvalue weighted by atomic mass is 10.1. The first-order chi connectivity index (χ1) is 9.12. The van der Waals surface area contributed by atoms with E-state index in [1.54, 1.807) is 13.1 Å². The van der Waals surface area contributed by atoms with E-state index in [1.165, 1.54) is 0 Å². The van der Waals surface area contributed by atoms with Gasteiger partial charge >= 0.3 is 0 Å². The van der Waals surface area contributed by atoms with E-state index in [-0.39, 0.29) is 12.4 Å². The van der Waals surface area contributed by atoms with Crippen molar-refractivity contribution in [2.75, 3.05) is 0 Å². The third-order valence-electron chi connectivity index (χ3n) is 3.27. The summed E-state index contributed by atoms with van der Waals surface area (Å²) in [4.78, 5) is 11.8. The normalized spacial score (nSPS) is 10.9. The molecule has 102 valence electrons. The standard InChI is InChI=1S/C14H19N3O2/c1-4-10-11(5-2)17-14(16-10)12-9(7-18)6-15-8(3)13(12)19/h6,18-19H,4-5,7H2,1-3H3,(H,16,17). The Morgan fingerprint density at radius 1 is 1.26 bits per heavy atom. The number of aryl methyl sites for hydroxylation is 3. The first-order valence-corrected chi connectivity index (χ1v) is 6.48. The molecule has 2 aromatic rings. The molecule has 0 unspecified atom stereocenters. The van der Waals surface area contributed by atoms with Gasteiger partial charge in [0, 0.05) is 17.5 Å². The van der Waals surface area contributed by atoms with Crippen LogP contribution in [0.1, 0.15) is 36.5 Å². The molecule has 0 bridgehead atoms. The number of aliphatic hydroxyl groups excluding tert-OH is 1. The summed E-state index contributed by atoms with van der Waals surface area (Å²) >= 11 is 0. The Balaban J connectivity index is 2.64. The predicted molar refractivity (Wildman–Crippen MR) is 72.9 cm³/mol. The fourth-order valence-electron chi connectivity index (χ4n) is 2.17. The summed E-state index contributed by atoms with van der Waals surface area (Å²) in [7, 11) is 0. The maximum absolute atomic E-state index is 10.2. The fraction of sp³-hybridized carbons (Fsp3) is 0.429. The molecule has 2 heterocycles. The molecule has 5 heteroatoms. The van der Waals surface area contributed by atoms with Crippen LogP contribution in [0.4, 0.5) is 0 Å². The molecule has 0 saturated heterocycles. The van der Waals surface area contributed by atoms with Crippen molar-refractivity contribution in [3.63, 3.8) is 0 Å². The Hall–Kier alpha value is -1.88. The zero-order valence-electron chi connectivity index (χ0n) is 11.5. The van der Waals surface area contributed by atoms with Crippen LogP contribution in [0, 0.1) is 6.92 Å². The average Bonchev–Trinajstić information content (AvgIpc) is 2.84. The van der Waals surface area contributed by atoms with Gasteiger partial charge in [-0.05, 0) is 19.8 Å². The van der Waals surface area contributed by atoms with Crippen LogP contribution < -0.4 is 0 Å². The average molecular weight is 261 g/mol. The van der Waals surface area contributed by atoms with Gasteiger partial charge in [-0.2, -0.15) is 0 Å². The second kappa shape index (κ2) is 5.40. The van der Waals surface area contributed by atoms with E-state index in [1.807, 2.05) is 6.92 Å². The van der Waals surface area contributed by atoms with Crippen molar-refractivity contribution in [3.8, 4) is 17.1 Å². The molecule has 2 rings (SSSR count). The van der Waals surface area contributed by atoms with E-state index in [4.69, 9.17) is 0 Å². The summed E-state index contributed by atoms with van der Waals surface area (Å²) in [6, 6.07) is 0. The minimum atomic E-state index is -0.181. The maximum atomic E-state index is 10.2. The number of hydrogen-bond acceptors (Lipinski definition) is 4. The lowest BCUT2D eigenvalue weighted by molar-refractivity contribution is 0.281. The fourth-order valence-corrected chi connectivity index (χ4v) is 2.17. The summed E-state index contributed by atoms with van der Waals surface area (Å²) in [6.07, 6.45) is 3.26. The van der Waals surface area contributed by atoms with Gasteiger partial charge < -0.3 is 15.2 Å². The Bertz CT molecular complexity index is 569. The Morgan fingerprint density at radius 3 is 2.53 bits per heavy atom. The van der Waals surface area contributed by atoms with Gasteiger partial charge in [0.2, 0.25) is 0 Å². The van der Waals surface area contributed by atoms with E-state index in [0.29, 0.717) is 22.6 Å². The Labute approximate surface area is 112 Å². The third-order valence-corrected chi connectivity index (χ3v) is 3.27. The van der Waals surface area contributed by atoms with Crippen LogP contribution in [0.5, 0.6) is 5.75 Å². The van der Waals surface area contributed by atoms with Crippen molar-refractivity contribution in [1.29, 1.82) is 0 Å². The minimum absolute atomic E-state index is 0.0746. The van der Waals surface area contributed by atoms with Crippen molar-refractivity contribution < 1.29 is 10.2 Å². The summed E-state index contributed by atoms with van der Waals surface area (Å²) in [5.74, 6) is 0.673. The van der Waals surface area contributed by atoms with E-state index in [9.17, 15) is 10.2 Å². The van der Waals surface area contributed by atoms with Gasteiger partial charge in [0.15, 0.2) is 0 Å². The zero-order chi connectivity index (χ0) is 14.0. The molecule has 0 aliphatic heterocycles. The molecule has 0 fully saturated rings. The molecule has 0 radical (unpaired) electrons. The molecule has 3 N–H and O–H groups in total. The minimum Gasteiger partial charge on any atom is -0.505 e. The van der Waals surface area contributed by atoms with Gasteiger partial charge in [0.05, 0.1) is 23.6 Å². The molecular formula is C14H19N3O2. The molecule has 0 atom stereocenters. The third kappa shape index (κ3) is 2.33. The number of aromatic amines is 1. The maximum Gasteiger partial charge on any atom is 0.148 e. The van der Waals surface area contributed by atoms with Gasteiger partial charge in [-0.25, -0.2) is 4.98 Å². The van der Waals surface area contributed by atoms with E-state index in [0.717, 1.165) is 24.2 Å².